The van der Waals surface area contributed by atoms with Crippen molar-refractivity contribution in [2.45, 2.75) is 26.4 Å². The highest BCUT2D eigenvalue weighted by Crippen LogP contribution is 2.29. The molecule has 1 amide bonds. The summed E-state index contributed by atoms with van der Waals surface area (Å²) < 4.78 is 5.48. The monoisotopic (exact) mass is 354 g/mol. The van der Waals surface area contributed by atoms with Crippen LogP contribution in [0.1, 0.15) is 20.8 Å². The molecule has 1 heterocycles. The van der Waals surface area contributed by atoms with Crippen molar-refractivity contribution in [1.29, 1.82) is 0 Å². The molecule has 3 rings (SSSR count). The number of fused-ring (bicyclic) bond motifs is 1. The molecule has 0 spiro atoms. The lowest BCUT2D eigenvalue weighted by Gasteiger charge is -2.25. The SMILES string of the molecule is CC(C)(C)OC(=O)N(c1ccc([N+](=O)[O-])cc1)c1nc2ccccc2[nH]1. The number of aromatic amines is 1. The van der Waals surface area contributed by atoms with Crippen molar-refractivity contribution >= 4 is 34.4 Å². The number of aromatic nitrogens is 2. The molecule has 0 fully saturated rings. The molecule has 0 saturated carbocycles. The van der Waals surface area contributed by atoms with Gasteiger partial charge >= 0.3 is 6.09 Å². The maximum atomic E-state index is 12.8. The van der Waals surface area contributed by atoms with Crippen LogP contribution in [-0.2, 0) is 4.74 Å². The van der Waals surface area contributed by atoms with Gasteiger partial charge in [0.1, 0.15) is 5.60 Å². The van der Waals surface area contributed by atoms with E-state index in [1.807, 2.05) is 24.3 Å². The summed E-state index contributed by atoms with van der Waals surface area (Å²) in [5, 5.41) is 10.9. The van der Waals surface area contributed by atoms with Crippen LogP contribution < -0.4 is 4.90 Å². The van der Waals surface area contributed by atoms with Gasteiger partial charge in [-0.3, -0.25) is 10.1 Å². The summed E-state index contributed by atoms with van der Waals surface area (Å²) in [5.74, 6) is 0.273. The maximum absolute atomic E-state index is 12.8. The highest BCUT2D eigenvalue weighted by Gasteiger charge is 2.27. The van der Waals surface area contributed by atoms with Crippen molar-refractivity contribution in [1.82, 2.24) is 9.97 Å². The Morgan fingerprint density at radius 2 is 1.81 bits per heavy atom. The average molecular weight is 354 g/mol. The average Bonchev–Trinajstić information content (AvgIpc) is 2.97. The van der Waals surface area contributed by atoms with Gasteiger partial charge in [-0.25, -0.2) is 14.7 Å². The van der Waals surface area contributed by atoms with E-state index in [0.29, 0.717) is 11.2 Å². The first kappa shape index (κ1) is 17.4. The van der Waals surface area contributed by atoms with Crippen LogP contribution in [0.15, 0.2) is 48.5 Å². The molecule has 26 heavy (non-hydrogen) atoms. The predicted octanol–water partition coefficient (Wildman–Crippen LogP) is 4.54. The zero-order chi connectivity index (χ0) is 18.9. The first-order valence-corrected chi connectivity index (χ1v) is 7.97. The minimum absolute atomic E-state index is 0.0671. The number of carbonyl (C=O) groups excluding carboxylic acids is 1. The number of non-ortho nitro benzene ring substituents is 1. The number of nitro groups is 1. The predicted molar refractivity (Wildman–Crippen MR) is 97.6 cm³/mol. The molecular formula is C18H18N4O4. The Kier molecular flexibility index (Phi) is 4.33. The molecule has 0 aliphatic carbocycles. The molecule has 2 aromatic carbocycles. The van der Waals surface area contributed by atoms with E-state index in [2.05, 4.69) is 9.97 Å². The second-order valence-electron chi connectivity index (χ2n) is 6.67. The van der Waals surface area contributed by atoms with Gasteiger partial charge in [-0.2, -0.15) is 0 Å². The van der Waals surface area contributed by atoms with Gasteiger partial charge < -0.3 is 9.72 Å². The van der Waals surface area contributed by atoms with Crippen LogP contribution in [0, 0.1) is 10.1 Å². The summed E-state index contributed by atoms with van der Waals surface area (Å²) in [7, 11) is 0. The van der Waals surface area contributed by atoms with Crippen LogP contribution in [-0.4, -0.2) is 26.6 Å². The Morgan fingerprint density at radius 1 is 1.15 bits per heavy atom. The van der Waals surface area contributed by atoms with E-state index in [1.165, 1.54) is 29.2 Å². The Morgan fingerprint density at radius 3 is 2.38 bits per heavy atom. The molecular weight excluding hydrogens is 336 g/mol. The third-order valence-corrected chi connectivity index (χ3v) is 3.48. The number of anilines is 2. The fourth-order valence-corrected chi connectivity index (χ4v) is 2.39. The first-order chi connectivity index (χ1) is 12.2. The molecule has 0 atom stereocenters. The number of benzene rings is 2. The van der Waals surface area contributed by atoms with E-state index in [0.717, 1.165) is 5.52 Å². The van der Waals surface area contributed by atoms with Crippen LogP contribution in [0.2, 0.25) is 0 Å². The van der Waals surface area contributed by atoms with Crippen LogP contribution in [0.5, 0.6) is 0 Å². The topological polar surface area (TPSA) is 101 Å². The Balaban J connectivity index is 2.06. The van der Waals surface area contributed by atoms with E-state index in [9.17, 15) is 14.9 Å². The molecule has 134 valence electrons. The quantitative estimate of drug-likeness (QED) is 0.549. The first-order valence-electron chi connectivity index (χ1n) is 7.97. The summed E-state index contributed by atoms with van der Waals surface area (Å²) in [5.41, 5.74) is 1.09. The van der Waals surface area contributed by atoms with Gasteiger partial charge in [0.25, 0.3) is 5.69 Å². The van der Waals surface area contributed by atoms with Crippen LogP contribution in [0.25, 0.3) is 11.0 Å². The molecule has 0 saturated heterocycles. The van der Waals surface area contributed by atoms with Crippen molar-refractivity contribution in [3.63, 3.8) is 0 Å². The number of amides is 1. The standard InChI is InChI=1S/C18H18N4O4/c1-18(2,3)26-17(23)21(12-8-10-13(11-9-12)22(24)25)16-19-14-6-4-5-7-15(14)20-16/h4-11H,1-3H3,(H,19,20). The zero-order valence-corrected chi connectivity index (χ0v) is 14.6. The van der Waals surface area contributed by atoms with Gasteiger partial charge in [-0.05, 0) is 45.0 Å². The van der Waals surface area contributed by atoms with E-state index in [1.54, 1.807) is 20.8 Å². The van der Waals surface area contributed by atoms with E-state index in [-0.39, 0.29) is 11.6 Å². The van der Waals surface area contributed by atoms with Crippen molar-refractivity contribution in [2.24, 2.45) is 0 Å². The molecule has 0 radical (unpaired) electrons. The van der Waals surface area contributed by atoms with Crippen molar-refractivity contribution in [3.05, 3.63) is 58.6 Å². The lowest BCUT2D eigenvalue weighted by Crippen LogP contribution is -2.34. The molecule has 3 aromatic rings. The van der Waals surface area contributed by atoms with Gasteiger partial charge in [0.2, 0.25) is 5.95 Å². The number of hydrogen-bond acceptors (Lipinski definition) is 5. The summed E-state index contributed by atoms with van der Waals surface area (Å²) >= 11 is 0. The lowest BCUT2D eigenvalue weighted by molar-refractivity contribution is -0.384. The fraction of sp³-hybridized carbons (Fsp3) is 0.222. The van der Waals surface area contributed by atoms with E-state index < -0.39 is 16.6 Å². The van der Waals surface area contributed by atoms with Gasteiger partial charge in [0.05, 0.1) is 21.6 Å². The number of H-pyrrole nitrogens is 1. The smallest absolute Gasteiger partial charge is 0.421 e. The number of rotatable bonds is 3. The second-order valence-corrected chi connectivity index (χ2v) is 6.67. The number of nitro benzene ring substituents is 1. The Hall–Kier alpha value is -3.42. The van der Waals surface area contributed by atoms with E-state index >= 15 is 0 Å². The summed E-state index contributed by atoms with van der Waals surface area (Å²) in [4.78, 5) is 31.9. The van der Waals surface area contributed by atoms with Crippen LogP contribution >= 0.6 is 0 Å². The van der Waals surface area contributed by atoms with Crippen LogP contribution in [0.4, 0.5) is 22.1 Å². The number of carbonyl (C=O) groups is 1. The summed E-state index contributed by atoms with van der Waals surface area (Å²) in [6.45, 7) is 5.28. The number of nitrogens with zero attached hydrogens (tertiary/aromatic N) is 3. The molecule has 0 aliphatic rings. The number of nitrogens with one attached hydrogen (secondary N) is 1. The fourth-order valence-electron chi connectivity index (χ4n) is 2.39. The summed E-state index contributed by atoms with van der Waals surface area (Å²) in [6, 6.07) is 13.0. The minimum atomic E-state index is -0.706. The zero-order valence-electron chi connectivity index (χ0n) is 14.6. The number of hydrogen-bond donors (Lipinski definition) is 1. The third-order valence-electron chi connectivity index (χ3n) is 3.48. The van der Waals surface area contributed by atoms with Crippen LogP contribution in [0.3, 0.4) is 0 Å². The van der Waals surface area contributed by atoms with Gasteiger partial charge in [-0.1, -0.05) is 12.1 Å². The summed E-state index contributed by atoms with van der Waals surface area (Å²) in [6.07, 6.45) is -0.634. The normalized spacial score (nSPS) is 11.3. The highest BCUT2D eigenvalue weighted by atomic mass is 16.6. The molecule has 1 N–H and O–H groups in total. The second kappa shape index (κ2) is 6.47. The van der Waals surface area contributed by atoms with Gasteiger partial charge in [0, 0.05) is 12.1 Å². The van der Waals surface area contributed by atoms with Crippen molar-refractivity contribution in [2.75, 3.05) is 4.90 Å². The molecule has 8 nitrogen and oxygen atoms in total. The van der Waals surface area contributed by atoms with E-state index in [4.69, 9.17) is 4.74 Å². The third kappa shape index (κ3) is 3.64. The minimum Gasteiger partial charge on any atom is -0.443 e. The van der Waals surface area contributed by atoms with Gasteiger partial charge in [-0.15, -0.1) is 0 Å². The Labute approximate surface area is 149 Å². The molecule has 8 heteroatoms. The lowest BCUT2D eigenvalue weighted by atomic mass is 10.2. The molecule has 1 aromatic heterocycles. The molecule has 0 bridgehead atoms. The highest BCUT2D eigenvalue weighted by molar-refractivity contribution is 5.96. The number of imidazole rings is 1. The largest absolute Gasteiger partial charge is 0.443 e. The van der Waals surface area contributed by atoms with Crippen molar-refractivity contribution < 1.29 is 14.5 Å². The molecule has 0 aliphatic heterocycles. The maximum Gasteiger partial charge on any atom is 0.421 e. The Bertz CT molecular complexity index is 924. The van der Waals surface area contributed by atoms with Crippen molar-refractivity contribution in [3.8, 4) is 0 Å². The molecule has 0 unspecified atom stereocenters. The van der Waals surface area contributed by atoms with Gasteiger partial charge in [0.15, 0.2) is 0 Å². The number of para-hydroxylation sites is 2. The number of ether oxygens (including phenoxy) is 1.